The number of fused-ring (bicyclic) bond motifs is 4. The lowest BCUT2D eigenvalue weighted by molar-refractivity contribution is 0.281. The quantitative estimate of drug-likeness (QED) is 0.0596. The molecule has 8 rings (SSSR count). The van der Waals surface area contributed by atoms with Crippen molar-refractivity contribution < 1.29 is 49.1 Å². The van der Waals surface area contributed by atoms with E-state index < -0.39 is 51.6 Å². The molecule has 23 heteroatoms. The number of phenolic OH excluding ortho intramolecular Hbond substituents is 1. The van der Waals surface area contributed by atoms with Crippen molar-refractivity contribution in [2.24, 2.45) is 30.7 Å². The van der Waals surface area contributed by atoms with Gasteiger partial charge in [-0.2, -0.15) is 50.5 Å². The molecule has 1 aromatic heterocycles. The predicted molar refractivity (Wildman–Crippen MR) is 242 cm³/mol. The molecule has 0 aliphatic rings. The SMILES string of the molecule is Cc1cc(N=Nc2ccc(CO)cc2S(=O)(=O)O)c(C)cc1N=Nc1cc(C)c(N=Nc2ccc3cc(-n4nc5ccc6c(S(=O)(=O)O)cc(S(=O)(=O)O)cc6c5n4)ccc3c2O)cc1C. The lowest BCUT2D eigenvalue weighted by Crippen LogP contribution is -2.04. The number of aliphatic hydroxyl groups excluding tert-OH is 1. The van der Waals surface area contributed by atoms with E-state index in [1.165, 1.54) is 29.1 Å². The average molecular weight is 950 g/mol. The van der Waals surface area contributed by atoms with Crippen LogP contribution in [0.4, 0.5) is 34.1 Å². The van der Waals surface area contributed by atoms with Crippen LogP contribution in [0.1, 0.15) is 27.8 Å². The Balaban J connectivity index is 1.02. The topological polar surface area (TPSA) is 308 Å². The highest BCUT2D eigenvalue weighted by atomic mass is 32.2. The highest BCUT2D eigenvalue weighted by Gasteiger charge is 2.23. The van der Waals surface area contributed by atoms with Gasteiger partial charge in [-0.15, -0.1) is 20.4 Å². The van der Waals surface area contributed by atoms with Gasteiger partial charge >= 0.3 is 0 Å². The number of aromatic hydroxyl groups is 1. The second-order valence-corrected chi connectivity index (χ2v) is 19.3. The molecular formula is C43H35N9O11S3. The third-order valence-corrected chi connectivity index (χ3v) is 13.1. The van der Waals surface area contributed by atoms with Crippen molar-refractivity contribution in [3.63, 3.8) is 0 Å². The molecule has 336 valence electrons. The van der Waals surface area contributed by atoms with Crippen LogP contribution in [0.2, 0.25) is 0 Å². The standard InChI is InChI=1S/C43H35N9O11S3/c1-22-15-38(24(3)13-36(22)46-44-33-10-5-26(21-53)17-41(33)66(61,62)63)48-49-39-16-23(2)37(14-25(39)4)47-45-35-11-6-27-18-28(7-8-30(27)43(35)54)52-50-34-12-9-31-32(42(34)51-52)19-29(64(55,56)57)20-40(31)65(58,59)60/h5-20,53-54H,21H2,1-4H3,(H,55,56,57)(H,58,59,60)(H,61,62,63). The lowest BCUT2D eigenvalue weighted by Gasteiger charge is -2.08. The van der Waals surface area contributed by atoms with Crippen LogP contribution in [0.15, 0.2) is 142 Å². The zero-order valence-corrected chi connectivity index (χ0v) is 37.3. The van der Waals surface area contributed by atoms with Crippen molar-refractivity contribution in [1.82, 2.24) is 15.0 Å². The smallest absolute Gasteiger partial charge is 0.296 e. The minimum atomic E-state index is -4.91. The largest absolute Gasteiger partial charge is 0.505 e. The molecule has 0 saturated heterocycles. The van der Waals surface area contributed by atoms with Crippen molar-refractivity contribution in [1.29, 1.82) is 0 Å². The number of aromatic nitrogens is 3. The summed E-state index contributed by atoms with van der Waals surface area (Å²) in [4.78, 5) is -0.737. The second-order valence-electron chi connectivity index (χ2n) is 15.1. The Kier molecular flexibility index (Phi) is 11.6. The summed E-state index contributed by atoms with van der Waals surface area (Å²) >= 11 is 0. The van der Waals surface area contributed by atoms with Gasteiger partial charge in [-0.25, -0.2) is 0 Å². The van der Waals surface area contributed by atoms with E-state index in [0.717, 1.165) is 23.3 Å². The fourth-order valence-corrected chi connectivity index (χ4v) is 9.01. The van der Waals surface area contributed by atoms with Gasteiger partial charge in [-0.05, 0) is 140 Å². The number of benzene rings is 7. The van der Waals surface area contributed by atoms with Gasteiger partial charge in [0.2, 0.25) is 0 Å². The van der Waals surface area contributed by atoms with E-state index in [4.69, 9.17) is 0 Å². The molecule has 0 spiro atoms. The van der Waals surface area contributed by atoms with Crippen LogP contribution in [0, 0.1) is 27.7 Å². The summed E-state index contributed by atoms with van der Waals surface area (Å²) in [6, 6.07) is 23.7. The number of nitrogens with zero attached hydrogens (tertiary/aromatic N) is 9. The van der Waals surface area contributed by atoms with Crippen LogP contribution >= 0.6 is 0 Å². The fourth-order valence-electron chi connectivity index (χ4n) is 7.00. The van der Waals surface area contributed by atoms with Crippen molar-refractivity contribution in [2.75, 3.05) is 0 Å². The second kappa shape index (κ2) is 17.0. The number of aliphatic hydroxyl groups is 1. The van der Waals surface area contributed by atoms with Gasteiger partial charge in [0.15, 0.2) is 5.75 Å². The Labute approximate surface area is 375 Å². The molecule has 0 aliphatic carbocycles. The van der Waals surface area contributed by atoms with Gasteiger partial charge in [0.05, 0.1) is 39.9 Å². The number of aryl methyl sites for hydroxylation is 4. The predicted octanol–water partition coefficient (Wildman–Crippen LogP) is 10.1. The van der Waals surface area contributed by atoms with Crippen molar-refractivity contribution >= 4 is 97.1 Å². The number of hydrogen-bond acceptors (Lipinski definition) is 16. The summed E-state index contributed by atoms with van der Waals surface area (Å²) in [5, 5.41) is 56.4. The molecular weight excluding hydrogens is 915 g/mol. The van der Waals surface area contributed by atoms with Gasteiger partial charge in [0.25, 0.3) is 30.4 Å². The maximum Gasteiger partial charge on any atom is 0.296 e. The Morgan fingerprint density at radius 2 is 1.02 bits per heavy atom. The maximum absolute atomic E-state index is 12.2. The number of rotatable bonds is 11. The summed E-state index contributed by atoms with van der Waals surface area (Å²) in [5.41, 5.74) is 6.03. The summed E-state index contributed by atoms with van der Waals surface area (Å²) in [6.07, 6.45) is 0. The Morgan fingerprint density at radius 3 is 1.55 bits per heavy atom. The van der Waals surface area contributed by atoms with Gasteiger partial charge in [-0.3, -0.25) is 13.7 Å². The first-order valence-electron chi connectivity index (χ1n) is 19.3. The van der Waals surface area contributed by atoms with Crippen LogP contribution in [-0.4, -0.2) is 64.1 Å². The van der Waals surface area contributed by atoms with Crippen LogP contribution in [0.5, 0.6) is 5.75 Å². The molecule has 7 aromatic carbocycles. The first-order chi connectivity index (χ1) is 31.1. The van der Waals surface area contributed by atoms with E-state index in [9.17, 15) is 49.1 Å². The third-order valence-electron chi connectivity index (χ3n) is 10.5. The normalized spacial score (nSPS) is 12.8. The first-order valence-corrected chi connectivity index (χ1v) is 23.6. The van der Waals surface area contributed by atoms with Gasteiger partial charge in [-0.1, -0.05) is 18.2 Å². The summed E-state index contributed by atoms with van der Waals surface area (Å²) < 4.78 is 101. The summed E-state index contributed by atoms with van der Waals surface area (Å²) in [6.45, 7) is 6.81. The van der Waals surface area contributed by atoms with Crippen LogP contribution in [-0.2, 0) is 37.0 Å². The van der Waals surface area contributed by atoms with Crippen molar-refractivity contribution in [3.05, 3.63) is 125 Å². The van der Waals surface area contributed by atoms with Gasteiger partial charge in [0.1, 0.15) is 32.2 Å². The monoisotopic (exact) mass is 949 g/mol. The van der Waals surface area contributed by atoms with E-state index in [1.54, 1.807) is 68.4 Å². The first kappa shape index (κ1) is 45.3. The van der Waals surface area contributed by atoms with E-state index >= 15 is 0 Å². The number of azo groups is 3. The molecule has 0 aliphatic heterocycles. The minimum absolute atomic E-state index is 0.00112. The molecule has 0 fully saturated rings. The minimum Gasteiger partial charge on any atom is -0.505 e. The maximum atomic E-state index is 12.2. The van der Waals surface area contributed by atoms with Gasteiger partial charge in [0, 0.05) is 16.2 Å². The Morgan fingerprint density at radius 1 is 0.500 bits per heavy atom. The highest BCUT2D eigenvalue weighted by Crippen LogP contribution is 2.39. The molecule has 8 aromatic rings. The van der Waals surface area contributed by atoms with Gasteiger partial charge < -0.3 is 10.2 Å². The zero-order chi connectivity index (χ0) is 47.5. The zero-order valence-electron chi connectivity index (χ0n) is 34.9. The lowest BCUT2D eigenvalue weighted by atomic mass is 10.1. The average Bonchev–Trinajstić information content (AvgIpc) is 3.71. The molecule has 20 nitrogen and oxygen atoms in total. The summed E-state index contributed by atoms with van der Waals surface area (Å²) in [5.74, 6) is -0.152. The molecule has 0 radical (unpaired) electrons. The number of hydrogen-bond donors (Lipinski definition) is 5. The fraction of sp³-hybridized carbons (Fsp3) is 0.116. The highest BCUT2D eigenvalue weighted by molar-refractivity contribution is 7.87. The van der Waals surface area contributed by atoms with E-state index in [2.05, 4.69) is 40.9 Å². The molecule has 0 bridgehead atoms. The molecule has 0 saturated carbocycles. The third kappa shape index (κ3) is 9.03. The number of phenols is 1. The van der Waals surface area contributed by atoms with E-state index in [1.807, 2.05) is 13.8 Å². The molecule has 0 amide bonds. The van der Waals surface area contributed by atoms with Crippen molar-refractivity contribution in [3.8, 4) is 11.4 Å². The van der Waals surface area contributed by atoms with Crippen LogP contribution in [0.3, 0.4) is 0 Å². The Bertz CT molecular complexity index is 3800. The van der Waals surface area contributed by atoms with E-state index in [0.29, 0.717) is 56.4 Å². The molecule has 5 N–H and O–H groups in total. The Hall–Kier alpha value is -7.25. The molecule has 1 heterocycles. The van der Waals surface area contributed by atoms with Crippen LogP contribution in [0.25, 0.3) is 38.3 Å². The van der Waals surface area contributed by atoms with Crippen molar-refractivity contribution in [2.45, 2.75) is 49.0 Å². The summed E-state index contributed by atoms with van der Waals surface area (Å²) in [7, 11) is -14.4. The van der Waals surface area contributed by atoms with E-state index in [-0.39, 0.29) is 44.5 Å². The molecule has 0 atom stereocenters. The molecule has 0 unspecified atom stereocenters. The molecule has 66 heavy (non-hydrogen) atoms. The van der Waals surface area contributed by atoms with Crippen LogP contribution < -0.4 is 0 Å².